The first-order chi connectivity index (χ1) is 5.43. The average molecular weight is 129 g/mol. The lowest BCUT2D eigenvalue weighted by Gasteiger charge is -1.91. The third-order valence-electron chi connectivity index (χ3n) is 0.854. The molecule has 0 saturated heterocycles. The average Bonchev–Trinajstić information content (AvgIpc) is 1.92. The Morgan fingerprint density at radius 2 is 2.67 bits per heavy atom. The summed E-state index contributed by atoms with van der Waals surface area (Å²) in [6, 6.07) is 0.949. The molecule has 48 valence electrons. The first-order valence-corrected chi connectivity index (χ1v) is 2.24. The summed E-state index contributed by atoms with van der Waals surface area (Å²) in [7, 11) is 0. The molecule has 0 atom stereocenters. The van der Waals surface area contributed by atoms with Gasteiger partial charge in [0.2, 0.25) is 11.2 Å². The predicted molar refractivity (Wildman–Crippen MR) is 31.4 cm³/mol. The van der Waals surface area contributed by atoms with Gasteiger partial charge in [-0.25, -0.2) is 0 Å². The molecule has 1 aromatic rings. The van der Waals surface area contributed by atoms with E-state index >= 15 is 0 Å². The van der Waals surface area contributed by atoms with Crippen molar-refractivity contribution in [1.82, 2.24) is 0 Å². The van der Waals surface area contributed by atoms with Crippen molar-refractivity contribution in [2.24, 2.45) is 0 Å². The summed E-state index contributed by atoms with van der Waals surface area (Å²) in [5, 5.41) is 8.97. The molecule has 0 fully saturated rings. The summed E-state index contributed by atoms with van der Waals surface area (Å²) in [5.74, 6) is -1.52. The molecule has 3 nitrogen and oxygen atoms in total. The van der Waals surface area contributed by atoms with Crippen LogP contribution in [0.5, 0.6) is 5.75 Å². The second-order valence-electron chi connectivity index (χ2n) is 1.46. The zero-order valence-corrected chi connectivity index (χ0v) is 4.42. The number of aryl methyl sites for hydroxylation is 1. The number of aromatic hydroxyl groups is 1. The van der Waals surface area contributed by atoms with Crippen LogP contribution in [0.3, 0.4) is 0 Å². The van der Waals surface area contributed by atoms with Gasteiger partial charge in [-0.05, 0) is 6.85 Å². The molecule has 1 aromatic heterocycles. The van der Waals surface area contributed by atoms with Gasteiger partial charge in [0.25, 0.3) is 0 Å². The fraction of sp³-hybridized carbons (Fsp3) is 0.167. The van der Waals surface area contributed by atoms with Gasteiger partial charge in [0, 0.05) is 10.2 Å². The second-order valence-corrected chi connectivity index (χ2v) is 1.46. The molecule has 0 bridgehead atoms. The van der Waals surface area contributed by atoms with E-state index in [2.05, 4.69) is 4.42 Å². The molecule has 0 unspecified atom stereocenters. The zero-order chi connectivity index (χ0) is 9.35. The Morgan fingerprint density at radius 1 is 1.89 bits per heavy atom. The SMILES string of the molecule is [2H]C([2H])([2H])c1occc(=O)c1O. The van der Waals surface area contributed by atoms with Gasteiger partial charge in [0.15, 0.2) is 0 Å². The Labute approximate surface area is 55.8 Å². The third-order valence-corrected chi connectivity index (χ3v) is 0.854. The summed E-state index contributed by atoms with van der Waals surface area (Å²) < 4.78 is 25.0. The van der Waals surface area contributed by atoms with E-state index in [1.165, 1.54) is 0 Å². The van der Waals surface area contributed by atoms with E-state index in [-0.39, 0.29) is 0 Å². The van der Waals surface area contributed by atoms with Crippen molar-refractivity contribution in [3.8, 4) is 5.75 Å². The van der Waals surface area contributed by atoms with Crippen LogP contribution in [-0.2, 0) is 0 Å². The highest BCUT2D eigenvalue weighted by atomic mass is 16.4. The maximum atomic E-state index is 10.7. The lowest BCUT2D eigenvalue weighted by atomic mass is 10.4. The largest absolute Gasteiger partial charge is 0.502 e. The first-order valence-electron chi connectivity index (χ1n) is 3.74. The third kappa shape index (κ3) is 0.937. The van der Waals surface area contributed by atoms with Crippen molar-refractivity contribution >= 4 is 0 Å². The molecule has 0 aliphatic heterocycles. The molecule has 3 heteroatoms. The van der Waals surface area contributed by atoms with Crippen LogP contribution in [0.25, 0.3) is 0 Å². The normalized spacial score (nSPS) is 15.8. The van der Waals surface area contributed by atoms with Crippen molar-refractivity contribution in [3.05, 3.63) is 28.3 Å². The van der Waals surface area contributed by atoms with E-state index in [1.807, 2.05) is 0 Å². The van der Waals surface area contributed by atoms with E-state index < -0.39 is 23.8 Å². The van der Waals surface area contributed by atoms with Crippen molar-refractivity contribution in [2.45, 2.75) is 6.85 Å². The minimum absolute atomic E-state index is 0.671. The molecule has 0 amide bonds. The van der Waals surface area contributed by atoms with E-state index in [1.54, 1.807) is 0 Å². The van der Waals surface area contributed by atoms with Gasteiger partial charge in [0.1, 0.15) is 5.76 Å². The Morgan fingerprint density at radius 3 is 3.22 bits per heavy atom. The van der Waals surface area contributed by atoms with Crippen molar-refractivity contribution in [2.75, 3.05) is 0 Å². The molecule has 0 aromatic carbocycles. The molecule has 1 heterocycles. The van der Waals surface area contributed by atoms with Crippen LogP contribution in [0.4, 0.5) is 0 Å². The Balaban J connectivity index is 3.36. The van der Waals surface area contributed by atoms with Gasteiger partial charge in [-0.3, -0.25) is 4.79 Å². The van der Waals surface area contributed by atoms with Gasteiger partial charge >= 0.3 is 0 Å². The highest BCUT2D eigenvalue weighted by Crippen LogP contribution is 2.06. The summed E-state index contributed by atoms with van der Waals surface area (Å²) in [4.78, 5) is 10.7. The second kappa shape index (κ2) is 1.93. The topological polar surface area (TPSA) is 50.4 Å². The van der Waals surface area contributed by atoms with Gasteiger partial charge in [-0.1, -0.05) is 0 Å². The monoisotopic (exact) mass is 129 g/mol. The number of hydrogen-bond acceptors (Lipinski definition) is 3. The molecule has 1 N–H and O–H groups in total. The molecular formula is C6H6O3. The van der Waals surface area contributed by atoms with Crippen LogP contribution in [-0.4, -0.2) is 5.11 Å². The first kappa shape index (κ1) is 3.06. The molecule has 9 heavy (non-hydrogen) atoms. The minimum Gasteiger partial charge on any atom is -0.502 e. The van der Waals surface area contributed by atoms with Gasteiger partial charge < -0.3 is 9.52 Å². The van der Waals surface area contributed by atoms with E-state index in [0.717, 1.165) is 12.3 Å². The summed E-state index contributed by atoms with van der Waals surface area (Å²) in [6.07, 6.45) is 0.934. The van der Waals surface area contributed by atoms with Crippen LogP contribution in [0.15, 0.2) is 21.5 Å². The van der Waals surface area contributed by atoms with Crippen molar-refractivity contribution in [1.29, 1.82) is 0 Å². The van der Waals surface area contributed by atoms with Gasteiger partial charge in [-0.15, -0.1) is 0 Å². The van der Waals surface area contributed by atoms with Crippen LogP contribution in [0.1, 0.15) is 9.87 Å². The molecule has 0 aliphatic carbocycles. The van der Waals surface area contributed by atoms with Crippen LogP contribution >= 0.6 is 0 Å². The van der Waals surface area contributed by atoms with Crippen LogP contribution in [0, 0.1) is 6.85 Å². The Bertz CT molecular complexity index is 339. The van der Waals surface area contributed by atoms with Gasteiger partial charge in [-0.2, -0.15) is 0 Å². The lowest BCUT2D eigenvalue weighted by Crippen LogP contribution is -1.97. The predicted octanol–water partition coefficient (Wildman–Crippen LogP) is 0.654. The molecule has 1 rings (SSSR count). The molecule has 0 radical (unpaired) electrons. The lowest BCUT2D eigenvalue weighted by molar-refractivity contribution is 0.411. The fourth-order valence-corrected chi connectivity index (χ4v) is 0.411. The van der Waals surface area contributed by atoms with Crippen LogP contribution in [0.2, 0.25) is 0 Å². The highest BCUT2D eigenvalue weighted by molar-refractivity contribution is 5.20. The standard InChI is InChI=1S/C6H6O3/c1-4-6(8)5(7)2-3-9-4/h2-3,8H,1H3/i1D3. The van der Waals surface area contributed by atoms with Crippen LogP contribution < -0.4 is 5.43 Å². The van der Waals surface area contributed by atoms with Gasteiger partial charge in [0.05, 0.1) is 6.26 Å². The van der Waals surface area contributed by atoms with E-state index in [9.17, 15) is 4.79 Å². The Kier molecular flexibility index (Phi) is 0.656. The highest BCUT2D eigenvalue weighted by Gasteiger charge is 1.98. The molecule has 0 aliphatic rings. The van der Waals surface area contributed by atoms with Crippen molar-refractivity contribution < 1.29 is 13.6 Å². The minimum atomic E-state index is -2.59. The number of hydrogen-bond donors (Lipinski definition) is 1. The number of rotatable bonds is 0. The maximum absolute atomic E-state index is 10.7. The Hall–Kier alpha value is -1.25. The van der Waals surface area contributed by atoms with E-state index in [4.69, 9.17) is 9.22 Å². The molecular weight excluding hydrogens is 120 g/mol. The smallest absolute Gasteiger partial charge is 0.226 e. The maximum Gasteiger partial charge on any atom is 0.226 e. The summed E-state index contributed by atoms with van der Waals surface area (Å²) in [6.45, 7) is -2.59. The molecule has 0 saturated carbocycles. The summed E-state index contributed by atoms with van der Waals surface area (Å²) >= 11 is 0. The fourth-order valence-electron chi connectivity index (χ4n) is 0.411. The summed E-state index contributed by atoms with van der Waals surface area (Å²) in [5.41, 5.74) is -0.757. The van der Waals surface area contributed by atoms with Crippen molar-refractivity contribution in [3.63, 3.8) is 0 Å². The van der Waals surface area contributed by atoms with E-state index in [0.29, 0.717) is 0 Å². The quantitative estimate of drug-likeness (QED) is 0.559. The molecule has 0 spiro atoms. The zero-order valence-electron chi connectivity index (χ0n) is 7.42.